The lowest BCUT2D eigenvalue weighted by molar-refractivity contribution is 0.0255. The maximum Gasteiger partial charge on any atom is 0.409 e. The molecule has 170 valence electrons. The number of morpholine rings is 1. The first-order valence-corrected chi connectivity index (χ1v) is 10.8. The Balaban J connectivity index is 1.54. The number of alkyl carbamates (subject to hydrolysis) is 1. The van der Waals surface area contributed by atoms with Gasteiger partial charge in [-0.1, -0.05) is 0 Å². The van der Waals surface area contributed by atoms with Crippen molar-refractivity contribution in [1.29, 1.82) is 0 Å². The number of alkyl halides is 3. The number of nitrogens with zero attached hydrogens (tertiary/aromatic N) is 2. The van der Waals surface area contributed by atoms with Gasteiger partial charge < -0.3 is 19.5 Å². The number of nitrogens with one attached hydrogen (secondary N) is 2. The molecule has 1 amide bonds. The van der Waals surface area contributed by atoms with Crippen molar-refractivity contribution < 1.29 is 27.8 Å². The van der Waals surface area contributed by atoms with Gasteiger partial charge in [-0.3, -0.25) is 10.2 Å². The highest BCUT2D eigenvalue weighted by Crippen LogP contribution is 2.30. The third kappa shape index (κ3) is 7.17. The molecule has 1 aromatic carbocycles. The number of benzene rings is 1. The van der Waals surface area contributed by atoms with Crippen LogP contribution in [-0.2, 0) is 9.47 Å². The van der Waals surface area contributed by atoms with Crippen molar-refractivity contribution in [3.63, 3.8) is 0 Å². The molecule has 2 N–H and O–H groups in total. The van der Waals surface area contributed by atoms with E-state index in [9.17, 15) is 13.6 Å². The number of rotatable bonds is 9. The zero-order chi connectivity index (χ0) is 22.3. The molecule has 0 radical (unpaired) electrons. The molecule has 0 spiro atoms. The molecule has 0 bridgehead atoms. The fourth-order valence-electron chi connectivity index (χ4n) is 2.81. The average molecular weight is 477 g/mol. The largest absolute Gasteiger partial charge is 0.497 e. The quantitative estimate of drug-likeness (QED) is 0.423. The number of halogens is 3. The second-order valence-corrected chi connectivity index (χ2v) is 7.98. The van der Waals surface area contributed by atoms with Gasteiger partial charge in [-0.15, -0.1) is 11.3 Å². The molecule has 12 heteroatoms. The Hall–Kier alpha value is -2.21. The summed E-state index contributed by atoms with van der Waals surface area (Å²) >= 11 is 6.29. The van der Waals surface area contributed by atoms with E-state index in [1.165, 1.54) is 0 Å². The summed E-state index contributed by atoms with van der Waals surface area (Å²) in [5.41, 5.74) is 1.37. The van der Waals surface area contributed by atoms with Gasteiger partial charge in [-0.05, 0) is 35.9 Å². The van der Waals surface area contributed by atoms with Crippen LogP contribution in [0.3, 0.4) is 0 Å². The van der Waals surface area contributed by atoms with Gasteiger partial charge in [0.15, 0.2) is 11.3 Å². The van der Waals surface area contributed by atoms with Crippen LogP contribution in [0, 0.1) is 0 Å². The summed E-state index contributed by atoms with van der Waals surface area (Å²) in [5, 5.41) is 2.63. The van der Waals surface area contributed by atoms with Gasteiger partial charge in [-0.2, -0.15) is 8.78 Å². The monoisotopic (exact) mass is 476 g/mol. The Morgan fingerprint density at radius 1 is 1.35 bits per heavy atom. The van der Waals surface area contributed by atoms with Crippen molar-refractivity contribution in [2.75, 3.05) is 51.9 Å². The summed E-state index contributed by atoms with van der Waals surface area (Å²) in [6.07, 6.45) is -2.90. The van der Waals surface area contributed by atoms with E-state index in [2.05, 4.69) is 20.5 Å². The molecule has 2 heterocycles. The summed E-state index contributed by atoms with van der Waals surface area (Å²) < 4.78 is 43.0. The van der Waals surface area contributed by atoms with E-state index in [1.807, 2.05) is 0 Å². The second kappa shape index (κ2) is 10.9. The van der Waals surface area contributed by atoms with Crippen LogP contribution < -0.4 is 15.4 Å². The number of hydrogen-bond donors (Lipinski definition) is 2. The van der Waals surface area contributed by atoms with Gasteiger partial charge in [0.2, 0.25) is 0 Å². The molecule has 0 saturated carbocycles. The number of thiazole rings is 1. The number of amides is 1. The predicted molar refractivity (Wildman–Crippen MR) is 114 cm³/mol. The van der Waals surface area contributed by atoms with Gasteiger partial charge in [0.25, 0.3) is 0 Å². The minimum absolute atomic E-state index is 0.0608. The van der Waals surface area contributed by atoms with Crippen molar-refractivity contribution in [2.45, 2.75) is 11.5 Å². The molecule has 1 aromatic heterocycles. The molecule has 8 nitrogen and oxygen atoms in total. The summed E-state index contributed by atoms with van der Waals surface area (Å²) in [5.74, 6) is 0.690. The number of methoxy groups -OCH3 is 1. The van der Waals surface area contributed by atoms with Crippen LogP contribution in [-0.4, -0.2) is 74.1 Å². The molecule has 1 fully saturated rings. The molecular formula is C19H23ClF2N4O4S. The zero-order valence-electron chi connectivity index (χ0n) is 16.8. The van der Waals surface area contributed by atoms with E-state index >= 15 is 0 Å². The van der Waals surface area contributed by atoms with Crippen LogP contribution in [0.4, 0.5) is 18.7 Å². The minimum atomic E-state index is -3.77. The normalized spacial score (nSPS) is 15.9. The van der Waals surface area contributed by atoms with Crippen molar-refractivity contribution in [3.8, 4) is 17.0 Å². The lowest BCUT2D eigenvalue weighted by atomic mass is 10.2. The maximum atomic E-state index is 13.8. The summed E-state index contributed by atoms with van der Waals surface area (Å²) in [4.78, 5) is 18.3. The number of carbonyl (C=O) groups is 1. The Morgan fingerprint density at radius 2 is 2.06 bits per heavy atom. The maximum absolute atomic E-state index is 13.8. The molecule has 1 saturated heterocycles. The summed E-state index contributed by atoms with van der Waals surface area (Å²) in [6.45, 7) is 3.24. The standard InChI is InChI=1S/C19H23ClF2N4O4S/c1-28-14-4-2-13(3-5-14)15-12-31-17(23-15)24-16(19(20,21)22)25-18(27)30-11-8-26-6-9-29-10-7-26/h2-5,12,16H,6-11H2,1H3,(H,23,24)(H,25,27). The van der Waals surface area contributed by atoms with Gasteiger partial charge in [-0.25, -0.2) is 9.78 Å². The van der Waals surface area contributed by atoms with Gasteiger partial charge >= 0.3 is 11.5 Å². The van der Waals surface area contributed by atoms with Crippen LogP contribution in [0.15, 0.2) is 29.6 Å². The SMILES string of the molecule is COc1ccc(-c2csc(NC(NC(=O)OCCN3CCOCC3)C(F)(F)Cl)n2)cc1. The predicted octanol–water partition coefficient (Wildman–Crippen LogP) is 3.45. The highest BCUT2D eigenvalue weighted by molar-refractivity contribution is 7.14. The fraction of sp³-hybridized carbons (Fsp3) is 0.474. The summed E-state index contributed by atoms with van der Waals surface area (Å²) in [6, 6.07) is 7.14. The Bertz CT molecular complexity index is 844. The molecule has 3 rings (SSSR count). The van der Waals surface area contributed by atoms with Crippen molar-refractivity contribution >= 4 is 34.2 Å². The molecule has 1 aliphatic rings. The first-order chi connectivity index (χ1) is 14.8. The number of anilines is 1. The second-order valence-electron chi connectivity index (χ2n) is 6.62. The topological polar surface area (TPSA) is 85.0 Å². The third-order valence-corrected chi connectivity index (χ3v) is 5.48. The Kier molecular flexibility index (Phi) is 8.24. The van der Waals surface area contributed by atoms with Crippen molar-refractivity contribution in [1.82, 2.24) is 15.2 Å². The van der Waals surface area contributed by atoms with Gasteiger partial charge in [0, 0.05) is 30.6 Å². The molecule has 0 aliphatic carbocycles. The van der Waals surface area contributed by atoms with Gasteiger partial charge in [0.05, 0.1) is 26.0 Å². The third-order valence-electron chi connectivity index (χ3n) is 4.49. The minimum Gasteiger partial charge on any atom is -0.497 e. The van der Waals surface area contributed by atoms with Crippen LogP contribution >= 0.6 is 22.9 Å². The number of hydrogen-bond acceptors (Lipinski definition) is 8. The molecule has 1 aliphatic heterocycles. The highest BCUT2D eigenvalue weighted by Gasteiger charge is 2.39. The summed E-state index contributed by atoms with van der Waals surface area (Å²) in [7, 11) is 1.56. The first-order valence-electron chi connectivity index (χ1n) is 9.52. The molecule has 1 unspecified atom stereocenters. The lowest BCUT2D eigenvalue weighted by Gasteiger charge is -2.26. The highest BCUT2D eigenvalue weighted by atomic mass is 35.5. The van der Waals surface area contributed by atoms with E-state index in [1.54, 1.807) is 36.8 Å². The van der Waals surface area contributed by atoms with Crippen LogP contribution in [0.1, 0.15) is 0 Å². The Labute approximate surface area is 187 Å². The Morgan fingerprint density at radius 3 is 2.71 bits per heavy atom. The molecule has 2 aromatic rings. The van der Waals surface area contributed by atoms with Crippen molar-refractivity contribution in [3.05, 3.63) is 29.6 Å². The van der Waals surface area contributed by atoms with E-state index in [4.69, 9.17) is 25.8 Å². The van der Waals surface area contributed by atoms with E-state index < -0.39 is 17.6 Å². The number of ether oxygens (including phenoxy) is 3. The zero-order valence-corrected chi connectivity index (χ0v) is 18.3. The van der Waals surface area contributed by atoms with Crippen LogP contribution in [0.2, 0.25) is 0 Å². The molecule has 1 atom stereocenters. The fourth-order valence-corrected chi connectivity index (χ4v) is 3.67. The molecular weight excluding hydrogens is 454 g/mol. The smallest absolute Gasteiger partial charge is 0.409 e. The van der Waals surface area contributed by atoms with Gasteiger partial charge in [0.1, 0.15) is 12.4 Å². The number of aromatic nitrogens is 1. The van der Waals surface area contributed by atoms with E-state index in [-0.39, 0.29) is 11.7 Å². The van der Waals surface area contributed by atoms with E-state index in [0.717, 1.165) is 30.0 Å². The lowest BCUT2D eigenvalue weighted by Crippen LogP contribution is -2.50. The van der Waals surface area contributed by atoms with E-state index in [0.29, 0.717) is 31.2 Å². The first kappa shape index (κ1) is 23.5. The molecule has 31 heavy (non-hydrogen) atoms. The van der Waals surface area contributed by atoms with Crippen molar-refractivity contribution in [2.24, 2.45) is 0 Å². The van der Waals surface area contributed by atoms with Crippen LogP contribution in [0.5, 0.6) is 5.75 Å². The van der Waals surface area contributed by atoms with Crippen LogP contribution in [0.25, 0.3) is 11.3 Å². The number of carbonyl (C=O) groups excluding carboxylic acids is 1. The average Bonchev–Trinajstić information content (AvgIpc) is 3.22.